The van der Waals surface area contributed by atoms with Crippen molar-refractivity contribution in [1.29, 1.82) is 0 Å². The molecule has 0 aromatic carbocycles. The number of Topliss-reactive ketones (excluding diaryl/α,β-unsaturated/α-hetero) is 2. The van der Waals surface area contributed by atoms with Crippen LogP contribution >= 0.6 is 0 Å². The van der Waals surface area contributed by atoms with E-state index in [2.05, 4.69) is 0 Å². The number of aliphatic hydroxyl groups is 2. The van der Waals surface area contributed by atoms with Gasteiger partial charge in [0, 0.05) is 6.42 Å². The van der Waals surface area contributed by atoms with Gasteiger partial charge in [-0.2, -0.15) is 0 Å². The number of allylic oxidation sites excluding steroid dienone is 2. The maximum atomic E-state index is 11.9. The topological polar surface area (TPSA) is 74.6 Å². The van der Waals surface area contributed by atoms with Crippen molar-refractivity contribution >= 4 is 11.6 Å². The van der Waals surface area contributed by atoms with Crippen LogP contribution in [-0.2, 0) is 9.59 Å². The smallest absolute Gasteiger partial charge is 0.199 e. The summed E-state index contributed by atoms with van der Waals surface area (Å²) in [6.07, 6.45) is 1.10. The molecule has 1 aliphatic carbocycles. The maximum absolute atomic E-state index is 11.9. The van der Waals surface area contributed by atoms with Crippen LogP contribution in [0.1, 0.15) is 40.5 Å². The zero-order valence-electron chi connectivity index (χ0n) is 11.9. The molecule has 0 heterocycles. The SMILES string of the molecule is CC(C)=CC[C@@H]1C(O)=C(C(=O)CC(C)C)C(=O)[C@H]1O. The molecule has 1 aliphatic rings. The molecule has 0 spiro atoms. The van der Waals surface area contributed by atoms with Gasteiger partial charge >= 0.3 is 0 Å². The van der Waals surface area contributed by atoms with E-state index in [0.29, 0.717) is 6.42 Å². The van der Waals surface area contributed by atoms with Gasteiger partial charge in [0.1, 0.15) is 17.4 Å². The first-order valence-electron chi connectivity index (χ1n) is 6.57. The summed E-state index contributed by atoms with van der Waals surface area (Å²) >= 11 is 0. The Morgan fingerprint density at radius 2 is 1.95 bits per heavy atom. The zero-order chi connectivity index (χ0) is 14.7. The molecule has 2 atom stereocenters. The molecule has 0 saturated carbocycles. The van der Waals surface area contributed by atoms with E-state index in [1.165, 1.54) is 0 Å². The Hall–Kier alpha value is -1.42. The summed E-state index contributed by atoms with van der Waals surface area (Å²) < 4.78 is 0. The Labute approximate surface area is 113 Å². The van der Waals surface area contributed by atoms with Gasteiger partial charge in [-0.1, -0.05) is 25.5 Å². The highest BCUT2D eigenvalue weighted by molar-refractivity contribution is 6.23. The van der Waals surface area contributed by atoms with Gasteiger partial charge in [0.15, 0.2) is 11.6 Å². The molecule has 2 N–H and O–H groups in total. The number of rotatable bonds is 5. The van der Waals surface area contributed by atoms with E-state index in [4.69, 9.17) is 0 Å². The first kappa shape index (κ1) is 15.6. The molecule has 4 nitrogen and oxygen atoms in total. The van der Waals surface area contributed by atoms with Crippen molar-refractivity contribution in [3.63, 3.8) is 0 Å². The molecule has 4 heteroatoms. The van der Waals surface area contributed by atoms with Crippen molar-refractivity contribution in [2.24, 2.45) is 11.8 Å². The van der Waals surface area contributed by atoms with Crippen LogP contribution in [0.25, 0.3) is 0 Å². The van der Waals surface area contributed by atoms with E-state index < -0.39 is 17.8 Å². The summed E-state index contributed by atoms with van der Waals surface area (Å²) in [5.41, 5.74) is 0.836. The number of ketones is 2. The Morgan fingerprint density at radius 3 is 2.42 bits per heavy atom. The van der Waals surface area contributed by atoms with Crippen molar-refractivity contribution in [3.05, 3.63) is 23.0 Å². The van der Waals surface area contributed by atoms with E-state index in [1.54, 1.807) is 0 Å². The number of aliphatic hydroxyl groups excluding tert-OH is 2. The molecule has 0 saturated heterocycles. The van der Waals surface area contributed by atoms with Crippen LogP contribution < -0.4 is 0 Å². The maximum Gasteiger partial charge on any atom is 0.199 e. The Morgan fingerprint density at radius 1 is 1.37 bits per heavy atom. The molecule has 19 heavy (non-hydrogen) atoms. The van der Waals surface area contributed by atoms with Gasteiger partial charge in [0.2, 0.25) is 0 Å². The fraction of sp³-hybridized carbons (Fsp3) is 0.600. The van der Waals surface area contributed by atoms with Crippen LogP contribution in [-0.4, -0.2) is 27.9 Å². The van der Waals surface area contributed by atoms with Crippen molar-refractivity contribution in [2.45, 2.75) is 46.6 Å². The highest BCUT2D eigenvalue weighted by atomic mass is 16.3. The third kappa shape index (κ3) is 3.53. The number of hydrogen-bond donors (Lipinski definition) is 2. The largest absolute Gasteiger partial charge is 0.511 e. The predicted octanol–water partition coefficient (Wildman–Crippen LogP) is 2.33. The van der Waals surface area contributed by atoms with Gasteiger partial charge in [0.05, 0.1) is 5.92 Å². The van der Waals surface area contributed by atoms with Crippen molar-refractivity contribution in [2.75, 3.05) is 0 Å². The van der Waals surface area contributed by atoms with E-state index in [1.807, 2.05) is 33.8 Å². The molecule has 0 aromatic heterocycles. The van der Waals surface area contributed by atoms with Crippen molar-refractivity contribution in [3.8, 4) is 0 Å². The average molecular weight is 266 g/mol. The van der Waals surface area contributed by atoms with Gasteiger partial charge in [-0.25, -0.2) is 0 Å². The van der Waals surface area contributed by atoms with Crippen LogP contribution in [0, 0.1) is 11.8 Å². The highest BCUT2D eigenvalue weighted by Gasteiger charge is 2.43. The summed E-state index contributed by atoms with van der Waals surface area (Å²) in [7, 11) is 0. The third-order valence-electron chi connectivity index (χ3n) is 3.16. The summed E-state index contributed by atoms with van der Waals surface area (Å²) in [6, 6.07) is 0. The van der Waals surface area contributed by atoms with Gasteiger partial charge < -0.3 is 10.2 Å². The molecule has 106 valence electrons. The molecule has 1 rings (SSSR count). The van der Waals surface area contributed by atoms with Crippen LogP contribution in [0.4, 0.5) is 0 Å². The molecule has 0 amide bonds. The van der Waals surface area contributed by atoms with Crippen LogP contribution in [0.15, 0.2) is 23.0 Å². The Kier molecular flexibility index (Phi) is 5.06. The van der Waals surface area contributed by atoms with Crippen LogP contribution in [0.2, 0.25) is 0 Å². The van der Waals surface area contributed by atoms with Gasteiger partial charge in [-0.05, 0) is 26.2 Å². The fourth-order valence-corrected chi connectivity index (χ4v) is 2.15. The monoisotopic (exact) mass is 266 g/mol. The second kappa shape index (κ2) is 6.15. The second-order valence-electron chi connectivity index (χ2n) is 5.71. The first-order chi connectivity index (χ1) is 8.75. The predicted molar refractivity (Wildman–Crippen MR) is 72.7 cm³/mol. The summed E-state index contributed by atoms with van der Waals surface area (Å²) in [4.78, 5) is 23.8. The lowest BCUT2D eigenvalue weighted by atomic mass is 9.99. The van der Waals surface area contributed by atoms with Crippen LogP contribution in [0.5, 0.6) is 0 Å². The highest BCUT2D eigenvalue weighted by Crippen LogP contribution is 2.32. The summed E-state index contributed by atoms with van der Waals surface area (Å²) in [5.74, 6) is -1.85. The molecule has 0 fully saturated rings. The molecule has 0 radical (unpaired) electrons. The van der Waals surface area contributed by atoms with E-state index in [9.17, 15) is 19.8 Å². The average Bonchev–Trinajstić information content (AvgIpc) is 2.47. The Bertz CT molecular complexity index is 439. The van der Waals surface area contributed by atoms with Crippen molar-refractivity contribution in [1.82, 2.24) is 0 Å². The van der Waals surface area contributed by atoms with E-state index in [-0.39, 0.29) is 29.5 Å². The lowest BCUT2D eigenvalue weighted by Gasteiger charge is -2.11. The fourth-order valence-electron chi connectivity index (χ4n) is 2.15. The first-order valence-corrected chi connectivity index (χ1v) is 6.57. The number of hydrogen-bond acceptors (Lipinski definition) is 4. The minimum atomic E-state index is -1.30. The van der Waals surface area contributed by atoms with Gasteiger partial charge in [0.25, 0.3) is 0 Å². The standard InChI is InChI=1S/C15H22O4/c1-8(2)5-6-10-13(17)12(15(19)14(10)18)11(16)7-9(3)4/h5,9-10,14,17-18H,6-7H2,1-4H3/t10-,14+/m1/s1. The Balaban J connectivity index is 2.99. The molecule has 0 bridgehead atoms. The normalized spacial score (nSPS) is 23.2. The quantitative estimate of drug-likeness (QED) is 0.591. The molecule has 0 aliphatic heterocycles. The lowest BCUT2D eigenvalue weighted by Crippen LogP contribution is -2.25. The molecular formula is C15H22O4. The van der Waals surface area contributed by atoms with Crippen LogP contribution in [0.3, 0.4) is 0 Å². The third-order valence-corrected chi connectivity index (χ3v) is 3.16. The molecule has 0 unspecified atom stereocenters. The number of carbonyl (C=O) groups is 2. The molecular weight excluding hydrogens is 244 g/mol. The second-order valence-corrected chi connectivity index (χ2v) is 5.71. The van der Waals surface area contributed by atoms with Gasteiger partial charge in [-0.15, -0.1) is 0 Å². The van der Waals surface area contributed by atoms with E-state index in [0.717, 1.165) is 5.57 Å². The molecule has 0 aromatic rings. The van der Waals surface area contributed by atoms with Crippen molar-refractivity contribution < 1.29 is 19.8 Å². The number of carbonyl (C=O) groups excluding carboxylic acids is 2. The minimum Gasteiger partial charge on any atom is -0.511 e. The summed E-state index contributed by atoms with van der Waals surface area (Å²) in [5, 5.41) is 19.9. The van der Waals surface area contributed by atoms with E-state index >= 15 is 0 Å². The minimum absolute atomic E-state index is 0.106. The lowest BCUT2D eigenvalue weighted by molar-refractivity contribution is -0.126. The summed E-state index contributed by atoms with van der Waals surface area (Å²) in [6.45, 7) is 7.53. The zero-order valence-corrected chi connectivity index (χ0v) is 11.9. The van der Waals surface area contributed by atoms with Gasteiger partial charge in [-0.3, -0.25) is 9.59 Å².